The molecule has 2 rings (SSSR count). The number of hydrogen-bond donors (Lipinski definition) is 1. The first kappa shape index (κ1) is 17.4. The van der Waals surface area contributed by atoms with Crippen LogP contribution < -0.4 is 5.32 Å². The molecule has 0 unspecified atom stereocenters. The number of nitrogens with zero attached hydrogens (tertiary/aromatic N) is 3. The summed E-state index contributed by atoms with van der Waals surface area (Å²) in [5.41, 5.74) is 0.618. The molecule has 22 heavy (non-hydrogen) atoms. The predicted molar refractivity (Wildman–Crippen MR) is 91.2 cm³/mol. The second-order valence-corrected chi connectivity index (χ2v) is 7.35. The number of hydrogen-bond acceptors (Lipinski definition) is 5. The van der Waals surface area contributed by atoms with Gasteiger partial charge in [-0.3, -0.25) is 4.79 Å². The minimum Gasteiger partial charge on any atom is -0.345 e. The normalized spacial score (nSPS) is 17.6. The van der Waals surface area contributed by atoms with Gasteiger partial charge in [0.15, 0.2) is 0 Å². The quantitative estimate of drug-likeness (QED) is 0.867. The maximum atomic E-state index is 12.2. The molecule has 0 radical (unpaired) electrons. The van der Waals surface area contributed by atoms with Crippen molar-refractivity contribution in [2.24, 2.45) is 0 Å². The van der Waals surface area contributed by atoms with E-state index < -0.39 is 5.54 Å². The minimum atomic E-state index is -0.392. The van der Waals surface area contributed by atoms with E-state index >= 15 is 0 Å². The number of aromatic nitrogens is 1. The molecule has 1 aromatic heterocycles. The van der Waals surface area contributed by atoms with Crippen molar-refractivity contribution in [2.45, 2.75) is 39.7 Å². The van der Waals surface area contributed by atoms with Crippen LogP contribution in [-0.2, 0) is 10.3 Å². The van der Waals surface area contributed by atoms with Crippen LogP contribution in [0.5, 0.6) is 0 Å². The lowest BCUT2D eigenvalue weighted by atomic mass is 10.1. The van der Waals surface area contributed by atoms with Crippen molar-refractivity contribution >= 4 is 17.2 Å². The summed E-state index contributed by atoms with van der Waals surface area (Å²) in [6.07, 6.45) is 0.555. The first-order valence-electron chi connectivity index (χ1n) is 8.09. The number of likely N-dealkylation sites (N-methyl/N-ethyl adjacent to an activating group) is 1. The van der Waals surface area contributed by atoms with E-state index in [2.05, 4.69) is 27.0 Å². The smallest absolute Gasteiger partial charge is 0.222 e. The van der Waals surface area contributed by atoms with Gasteiger partial charge in [-0.05, 0) is 27.3 Å². The summed E-state index contributed by atoms with van der Waals surface area (Å²) in [4.78, 5) is 21.6. The fourth-order valence-electron chi connectivity index (χ4n) is 2.69. The Morgan fingerprint density at radius 1 is 1.32 bits per heavy atom. The van der Waals surface area contributed by atoms with Crippen molar-refractivity contribution in [3.05, 3.63) is 16.1 Å². The van der Waals surface area contributed by atoms with Crippen molar-refractivity contribution < 1.29 is 4.79 Å². The van der Waals surface area contributed by atoms with Crippen LogP contribution in [0.3, 0.4) is 0 Å². The molecule has 124 valence electrons. The van der Waals surface area contributed by atoms with Crippen LogP contribution in [-0.4, -0.2) is 60.0 Å². The molecule has 1 aliphatic heterocycles. The highest BCUT2D eigenvalue weighted by molar-refractivity contribution is 7.09. The largest absolute Gasteiger partial charge is 0.345 e. The molecule has 1 aromatic rings. The van der Waals surface area contributed by atoms with Crippen LogP contribution >= 0.6 is 11.3 Å². The van der Waals surface area contributed by atoms with Crippen molar-refractivity contribution in [3.63, 3.8) is 0 Å². The van der Waals surface area contributed by atoms with Gasteiger partial charge in [-0.15, -0.1) is 11.3 Å². The van der Waals surface area contributed by atoms with Gasteiger partial charge in [0, 0.05) is 50.2 Å². The van der Waals surface area contributed by atoms with Crippen LogP contribution in [0.2, 0.25) is 0 Å². The van der Waals surface area contributed by atoms with E-state index in [-0.39, 0.29) is 5.91 Å². The van der Waals surface area contributed by atoms with Crippen LogP contribution in [0.25, 0.3) is 0 Å². The molecule has 0 aliphatic carbocycles. The van der Waals surface area contributed by atoms with Gasteiger partial charge in [0.05, 0.1) is 5.54 Å². The summed E-state index contributed by atoms with van der Waals surface area (Å²) in [5, 5.41) is 6.11. The molecule has 1 N–H and O–H groups in total. The molecule has 6 heteroatoms. The molecule has 1 fully saturated rings. The van der Waals surface area contributed by atoms with Gasteiger partial charge in [0.25, 0.3) is 0 Å². The molecular formula is C16H28N4OS. The molecular weight excluding hydrogens is 296 g/mol. The first-order chi connectivity index (χ1) is 10.4. The molecule has 0 spiro atoms. The van der Waals surface area contributed by atoms with Gasteiger partial charge >= 0.3 is 0 Å². The summed E-state index contributed by atoms with van der Waals surface area (Å²) in [6, 6.07) is 0. The van der Waals surface area contributed by atoms with Crippen molar-refractivity contribution in [3.8, 4) is 0 Å². The molecule has 5 nitrogen and oxygen atoms in total. The molecule has 0 bridgehead atoms. The van der Waals surface area contributed by atoms with E-state index in [1.54, 1.807) is 11.3 Å². The lowest BCUT2D eigenvalue weighted by Crippen LogP contribution is -2.47. The summed E-state index contributed by atoms with van der Waals surface area (Å²) >= 11 is 1.61. The second-order valence-electron chi connectivity index (χ2n) is 6.49. The summed E-state index contributed by atoms with van der Waals surface area (Å²) in [7, 11) is 0. The van der Waals surface area contributed by atoms with Crippen molar-refractivity contribution in [1.29, 1.82) is 0 Å². The van der Waals surface area contributed by atoms with Crippen LogP contribution in [0.1, 0.15) is 37.9 Å². The Bertz CT molecular complexity index is 492. The third-order valence-electron chi connectivity index (χ3n) is 4.17. The lowest BCUT2D eigenvalue weighted by Gasteiger charge is -2.34. The Labute approximate surface area is 137 Å². The molecule has 1 aliphatic rings. The van der Waals surface area contributed by atoms with Gasteiger partial charge in [-0.2, -0.15) is 0 Å². The maximum Gasteiger partial charge on any atom is 0.222 e. The summed E-state index contributed by atoms with van der Waals surface area (Å²) in [6.45, 7) is 14.5. The third-order valence-corrected chi connectivity index (χ3v) is 5.46. The maximum absolute atomic E-state index is 12.2. The zero-order chi connectivity index (χ0) is 16.2. The van der Waals surface area contributed by atoms with Crippen molar-refractivity contribution in [2.75, 3.05) is 39.3 Å². The van der Waals surface area contributed by atoms with E-state index in [4.69, 9.17) is 0 Å². The summed E-state index contributed by atoms with van der Waals surface area (Å²) in [5.74, 6) is 0.107. The van der Waals surface area contributed by atoms with Crippen molar-refractivity contribution in [1.82, 2.24) is 20.1 Å². The van der Waals surface area contributed by atoms with Crippen LogP contribution in [0.4, 0.5) is 0 Å². The molecule has 0 saturated carbocycles. The van der Waals surface area contributed by atoms with E-state index in [0.29, 0.717) is 6.42 Å². The standard InChI is InChI=1S/C16H28N4OS/c1-5-19-8-10-20(11-9-19)7-6-14(21)18-16(3,4)15-17-13(2)12-22-15/h12H,5-11H2,1-4H3,(H,18,21). The highest BCUT2D eigenvalue weighted by atomic mass is 32.1. The Kier molecular flexibility index (Phi) is 5.94. The zero-order valence-electron chi connectivity index (χ0n) is 14.2. The first-order valence-corrected chi connectivity index (χ1v) is 8.97. The van der Waals surface area contributed by atoms with Crippen LogP contribution in [0, 0.1) is 6.92 Å². The monoisotopic (exact) mass is 324 g/mol. The van der Waals surface area contributed by atoms with E-state index in [1.165, 1.54) is 0 Å². The molecule has 0 aromatic carbocycles. The van der Waals surface area contributed by atoms with Crippen LogP contribution in [0.15, 0.2) is 5.38 Å². The molecule has 2 heterocycles. The summed E-state index contributed by atoms with van der Waals surface area (Å²) < 4.78 is 0. The molecule has 1 saturated heterocycles. The van der Waals surface area contributed by atoms with E-state index in [0.717, 1.165) is 50.0 Å². The second kappa shape index (κ2) is 7.53. The predicted octanol–water partition coefficient (Wildman–Crippen LogP) is 1.83. The number of thiazole rings is 1. The average molecular weight is 324 g/mol. The number of rotatable bonds is 6. The number of amides is 1. The van der Waals surface area contributed by atoms with E-state index in [9.17, 15) is 4.79 Å². The molecule has 0 atom stereocenters. The minimum absolute atomic E-state index is 0.107. The van der Waals surface area contributed by atoms with E-state index in [1.807, 2.05) is 26.2 Å². The number of nitrogens with one attached hydrogen (secondary N) is 1. The highest BCUT2D eigenvalue weighted by Gasteiger charge is 2.26. The Balaban J connectivity index is 1.76. The van der Waals surface area contributed by atoms with Gasteiger partial charge < -0.3 is 15.1 Å². The highest BCUT2D eigenvalue weighted by Crippen LogP contribution is 2.23. The fraction of sp³-hybridized carbons (Fsp3) is 0.750. The molecule has 1 amide bonds. The Morgan fingerprint density at radius 2 is 1.95 bits per heavy atom. The number of carbonyl (C=O) groups is 1. The average Bonchev–Trinajstić information content (AvgIpc) is 2.93. The third kappa shape index (κ3) is 4.76. The topological polar surface area (TPSA) is 48.5 Å². The fourth-order valence-corrected chi connectivity index (χ4v) is 3.57. The number of piperazine rings is 1. The Hall–Kier alpha value is -0.980. The van der Waals surface area contributed by atoms with Gasteiger partial charge in [0.1, 0.15) is 5.01 Å². The number of aryl methyl sites for hydroxylation is 1. The number of carbonyl (C=O) groups excluding carboxylic acids is 1. The zero-order valence-corrected chi connectivity index (χ0v) is 15.0. The van der Waals surface area contributed by atoms with Gasteiger partial charge in [-0.1, -0.05) is 6.92 Å². The van der Waals surface area contributed by atoms with Gasteiger partial charge in [-0.25, -0.2) is 4.98 Å². The lowest BCUT2D eigenvalue weighted by molar-refractivity contribution is -0.123. The SMILES string of the molecule is CCN1CCN(CCC(=O)NC(C)(C)c2nc(C)cs2)CC1. The Morgan fingerprint density at radius 3 is 2.50 bits per heavy atom. The van der Waals surface area contributed by atoms with Gasteiger partial charge in [0.2, 0.25) is 5.91 Å².